The van der Waals surface area contributed by atoms with Crippen molar-refractivity contribution >= 4 is 28.5 Å². The van der Waals surface area contributed by atoms with Crippen LogP contribution in [0.1, 0.15) is 16.1 Å². The van der Waals surface area contributed by atoms with Crippen molar-refractivity contribution in [3.63, 3.8) is 0 Å². The van der Waals surface area contributed by atoms with Crippen LogP contribution >= 0.6 is 11.3 Å². The lowest BCUT2D eigenvalue weighted by molar-refractivity contribution is -0.111. The molecule has 0 saturated heterocycles. The number of carbonyl (C=O) groups is 1. The van der Waals surface area contributed by atoms with Crippen LogP contribution in [0.25, 0.3) is 6.08 Å². The lowest BCUT2D eigenvalue weighted by Gasteiger charge is -1.98. The average Bonchev–Trinajstić information content (AvgIpc) is 2.74. The second-order valence-electron chi connectivity index (χ2n) is 3.81. The Morgan fingerprint density at radius 2 is 2.06 bits per heavy atom. The van der Waals surface area contributed by atoms with Crippen LogP contribution in [0.3, 0.4) is 0 Å². The molecule has 1 aromatic carbocycles. The molecule has 0 aliphatic carbocycles. The second-order valence-corrected chi connectivity index (χ2v) is 4.99. The zero-order valence-corrected chi connectivity index (χ0v) is 11.0. The molecular weight excluding hydrogens is 246 g/mol. The van der Waals surface area contributed by atoms with Gasteiger partial charge in [0.2, 0.25) is 11.0 Å². The summed E-state index contributed by atoms with van der Waals surface area (Å²) in [7, 11) is 0. The normalized spacial score (nSPS) is 10.8. The molecule has 0 radical (unpaired) electrons. The molecule has 2 rings (SSSR count). The minimum atomic E-state index is -0.200. The molecule has 0 unspecified atom stereocenters. The molecule has 92 valence electrons. The number of amides is 1. The van der Waals surface area contributed by atoms with E-state index in [4.69, 9.17) is 0 Å². The molecular formula is C13H13N3OS. The number of nitrogens with zero attached hydrogens (tertiary/aromatic N) is 2. The maximum Gasteiger partial charge on any atom is 0.250 e. The molecule has 0 fully saturated rings. The fourth-order valence-electron chi connectivity index (χ4n) is 1.43. The van der Waals surface area contributed by atoms with Crippen LogP contribution < -0.4 is 5.32 Å². The monoisotopic (exact) mass is 259 g/mol. The number of carbonyl (C=O) groups excluding carboxylic acids is 1. The van der Waals surface area contributed by atoms with Gasteiger partial charge in [0.1, 0.15) is 5.01 Å². The van der Waals surface area contributed by atoms with Gasteiger partial charge >= 0.3 is 0 Å². The van der Waals surface area contributed by atoms with Gasteiger partial charge in [0.05, 0.1) is 0 Å². The second kappa shape index (κ2) is 5.55. The van der Waals surface area contributed by atoms with Gasteiger partial charge in [-0.1, -0.05) is 35.6 Å². The van der Waals surface area contributed by atoms with E-state index < -0.39 is 0 Å². The molecule has 18 heavy (non-hydrogen) atoms. The number of rotatable bonds is 3. The van der Waals surface area contributed by atoms with E-state index >= 15 is 0 Å². The van der Waals surface area contributed by atoms with Crippen LogP contribution in [0.2, 0.25) is 0 Å². The largest absolute Gasteiger partial charge is 0.297 e. The number of hydrogen-bond donors (Lipinski definition) is 1. The molecule has 4 nitrogen and oxygen atoms in total. The highest BCUT2D eigenvalue weighted by molar-refractivity contribution is 7.15. The Balaban J connectivity index is 2.01. The summed E-state index contributed by atoms with van der Waals surface area (Å²) in [5.74, 6) is -0.200. The van der Waals surface area contributed by atoms with E-state index in [1.54, 1.807) is 6.08 Å². The summed E-state index contributed by atoms with van der Waals surface area (Å²) in [5.41, 5.74) is 2.16. The van der Waals surface area contributed by atoms with Crippen LogP contribution in [0.15, 0.2) is 30.3 Å². The first-order chi connectivity index (χ1) is 8.65. The molecule has 0 atom stereocenters. The first-order valence-corrected chi connectivity index (χ1v) is 6.31. The summed E-state index contributed by atoms with van der Waals surface area (Å²) in [6.07, 6.45) is 3.29. The van der Waals surface area contributed by atoms with E-state index in [1.165, 1.54) is 17.4 Å². The highest BCUT2D eigenvalue weighted by Gasteiger charge is 2.02. The minimum absolute atomic E-state index is 0.200. The van der Waals surface area contributed by atoms with E-state index in [9.17, 15) is 4.79 Å². The SMILES string of the molecule is Cc1nnc(NC(=O)/C=C/c2ccccc2C)s1. The summed E-state index contributed by atoms with van der Waals surface area (Å²) in [6, 6.07) is 7.88. The van der Waals surface area contributed by atoms with Gasteiger partial charge in [-0.25, -0.2) is 0 Å². The number of aryl methyl sites for hydroxylation is 2. The number of hydrogen-bond acceptors (Lipinski definition) is 4. The third kappa shape index (κ3) is 3.24. The summed E-state index contributed by atoms with van der Waals surface area (Å²) < 4.78 is 0. The van der Waals surface area contributed by atoms with E-state index in [0.29, 0.717) is 5.13 Å². The highest BCUT2D eigenvalue weighted by Crippen LogP contribution is 2.14. The van der Waals surface area contributed by atoms with Crippen molar-refractivity contribution in [1.29, 1.82) is 0 Å². The summed E-state index contributed by atoms with van der Waals surface area (Å²) in [5, 5.41) is 11.7. The van der Waals surface area contributed by atoms with Crippen LogP contribution in [0, 0.1) is 13.8 Å². The van der Waals surface area contributed by atoms with Crippen LogP contribution in [0.4, 0.5) is 5.13 Å². The van der Waals surface area contributed by atoms with Gasteiger partial charge in [-0.15, -0.1) is 10.2 Å². The fraction of sp³-hybridized carbons (Fsp3) is 0.154. The predicted octanol–water partition coefficient (Wildman–Crippen LogP) is 2.81. The van der Waals surface area contributed by atoms with Crippen molar-refractivity contribution in [2.45, 2.75) is 13.8 Å². The average molecular weight is 259 g/mol. The van der Waals surface area contributed by atoms with Gasteiger partial charge in [-0.05, 0) is 31.1 Å². The molecule has 1 heterocycles. The Morgan fingerprint density at radius 1 is 1.28 bits per heavy atom. The third-order valence-corrected chi connectivity index (χ3v) is 3.11. The van der Waals surface area contributed by atoms with Crippen LogP contribution in [-0.4, -0.2) is 16.1 Å². The summed E-state index contributed by atoms with van der Waals surface area (Å²) >= 11 is 1.35. The maximum atomic E-state index is 11.6. The molecule has 0 aliphatic heterocycles. The molecule has 0 aliphatic rings. The van der Waals surface area contributed by atoms with Crippen molar-refractivity contribution < 1.29 is 4.79 Å². The molecule has 1 amide bonds. The third-order valence-electron chi connectivity index (χ3n) is 2.36. The Kier molecular flexibility index (Phi) is 3.84. The Bertz CT molecular complexity index is 589. The number of nitrogens with one attached hydrogen (secondary N) is 1. The Morgan fingerprint density at radius 3 is 2.72 bits per heavy atom. The lowest BCUT2D eigenvalue weighted by atomic mass is 10.1. The topological polar surface area (TPSA) is 54.9 Å². The molecule has 0 saturated carbocycles. The Labute approximate surface area is 109 Å². The van der Waals surface area contributed by atoms with Gasteiger partial charge in [-0.3, -0.25) is 10.1 Å². The van der Waals surface area contributed by atoms with E-state index in [2.05, 4.69) is 15.5 Å². The zero-order valence-electron chi connectivity index (χ0n) is 10.2. The molecule has 5 heteroatoms. The van der Waals surface area contributed by atoms with Crippen LogP contribution in [0.5, 0.6) is 0 Å². The fourth-order valence-corrected chi connectivity index (χ4v) is 2.03. The predicted molar refractivity (Wildman–Crippen MR) is 73.5 cm³/mol. The van der Waals surface area contributed by atoms with Gasteiger partial charge in [0.15, 0.2) is 0 Å². The standard InChI is InChI=1S/C13H13N3OS/c1-9-5-3-4-6-11(9)7-8-12(17)14-13-16-15-10(2)18-13/h3-8H,1-2H3,(H,14,16,17)/b8-7+. The number of benzene rings is 1. The highest BCUT2D eigenvalue weighted by atomic mass is 32.1. The number of anilines is 1. The molecule has 1 aromatic heterocycles. The first-order valence-electron chi connectivity index (χ1n) is 5.50. The summed E-state index contributed by atoms with van der Waals surface area (Å²) in [4.78, 5) is 11.6. The Hall–Kier alpha value is -2.01. The van der Waals surface area contributed by atoms with Gasteiger partial charge in [0, 0.05) is 6.08 Å². The van der Waals surface area contributed by atoms with Crippen molar-refractivity contribution in [1.82, 2.24) is 10.2 Å². The zero-order chi connectivity index (χ0) is 13.0. The van der Waals surface area contributed by atoms with E-state index in [0.717, 1.165) is 16.1 Å². The van der Waals surface area contributed by atoms with Crippen LogP contribution in [-0.2, 0) is 4.79 Å². The van der Waals surface area contributed by atoms with Crippen molar-refractivity contribution in [2.24, 2.45) is 0 Å². The molecule has 0 bridgehead atoms. The smallest absolute Gasteiger partial charge is 0.250 e. The molecule has 0 spiro atoms. The van der Waals surface area contributed by atoms with E-state index in [1.807, 2.05) is 38.1 Å². The van der Waals surface area contributed by atoms with Gasteiger partial charge in [0.25, 0.3) is 0 Å². The van der Waals surface area contributed by atoms with Gasteiger partial charge < -0.3 is 0 Å². The first kappa shape index (κ1) is 12.4. The lowest BCUT2D eigenvalue weighted by Crippen LogP contribution is -2.07. The minimum Gasteiger partial charge on any atom is -0.297 e. The molecule has 2 aromatic rings. The maximum absolute atomic E-state index is 11.6. The molecule has 1 N–H and O–H groups in total. The van der Waals surface area contributed by atoms with E-state index in [-0.39, 0.29) is 5.91 Å². The van der Waals surface area contributed by atoms with Crippen molar-refractivity contribution in [2.75, 3.05) is 5.32 Å². The summed E-state index contributed by atoms with van der Waals surface area (Å²) in [6.45, 7) is 3.85. The number of aromatic nitrogens is 2. The van der Waals surface area contributed by atoms with Gasteiger partial charge in [-0.2, -0.15) is 0 Å². The van der Waals surface area contributed by atoms with Crippen molar-refractivity contribution in [3.05, 3.63) is 46.5 Å². The van der Waals surface area contributed by atoms with Crippen molar-refractivity contribution in [3.8, 4) is 0 Å². The quantitative estimate of drug-likeness (QED) is 0.862.